The summed E-state index contributed by atoms with van der Waals surface area (Å²) in [6.07, 6.45) is 8.58. The van der Waals surface area contributed by atoms with Gasteiger partial charge in [-0.2, -0.15) is 0 Å². The molecule has 0 radical (unpaired) electrons. The molecule has 0 spiro atoms. The van der Waals surface area contributed by atoms with Crippen molar-refractivity contribution in [2.75, 3.05) is 0 Å². The van der Waals surface area contributed by atoms with E-state index in [1.54, 1.807) is 18.2 Å². The summed E-state index contributed by atoms with van der Waals surface area (Å²) in [6, 6.07) is 6.42. The number of unbranched alkanes of at least 4 members (excludes halogenated alkanes) is 2. The Morgan fingerprint density at radius 2 is 2.15 bits per heavy atom. The van der Waals surface area contributed by atoms with Gasteiger partial charge in [0.2, 0.25) is 5.91 Å². The molecule has 1 aromatic carbocycles. The van der Waals surface area contributed by atoms with E-state index in [-0.39, 0.29) is 17.8 Å². The van der Waals surface area contributed by atoms with Crippen molar-refractivity contribution in [3.63, 3.8) is 0 Å². The van der Waals surface area contributed by atoms with Gasteiger partial charge >= 0.3 is 0 Å². The van der Waals surface area contributed by atoms with Gasteiger partial charge in [0.25, 0.3) is 0 Å². The number of carbonyl (C=O) groups excluding carboxylic acids is 1. The second-order valence-electron chi connectivity index (χ2n) is 5.00. The molecule has 1 atom stereocenters. The number of rotatable bonds is 8. The maximum Gasteiger partial charge on any atom is 0.244 e. The molecule has 0 saturated heterocycles. The normalized spacial score (nSPS) is 12.6. The first kappa shape index (κ1) is 16.4. The van der Waals surface area contributed by atoms with E-state index in [1.807, 2.05) is 0 Å². The van der Waals surface area contributed by atoms with Crippen LogP contribution in [0.15, 0.2) is 30.3 Å². The Bertz CT molecular complexity index is 442. The van der Waals surface area contributed by atoms with Crippen LogP contribution in [0.4, 0.5) is 4.39 Å². The van der Waals surface area contributed by atoms with Gasteiger partial charge in [-0.25, -0.2) is 4.39 Å². The number of carbonyl (C=O) groups is 1. The second-order valence-corrected chi connectivity index (χ2v) is 5.00. The molecule has 3 heteroatoms. The molecule has 110 valence electrons. The van der Waals surface area contributed by atoms with Gasteiger partial charge in [0.15, 0.2) is 0 Å². The van der Waals surface area contributed by atoms with E-state index in [9.17, 15) is 9.18 Å². The fourth-order valence-electron chi connectivity index (χ4n) is 2.05. The van der Waals surface area contributed by atoms with E-state index in [0.29, 0.717) is 5.56 Å². The lowest BCUT2D eigenvalue weighted by molar-refractivity contribution is -0.117. The van der Waals surface area contributed by atoms with E-state index in [4.69, 9.17) is 0 Å². The Morgan fingerprint density at radius 3 is 2.80 bits per heavy atom. The zero-order chi connectivity index (χ0) is 14.8. The van der Waals surface area contributed by atoms with Gasteiger partial charge in [0.1, 0.15) is 5.82 Å². The van der Waals surface area contributed by atoms with Crippen LogP contribution in [0.1, 0.15) is 51.5 Å². The van der Waals surface area contributed by atoms with Gasteiger partial charge in [0.05, 0.1) is 0 Å². The van der Waals surface area contributed by atoms with Crippen LogP contribution < -0.4 is 5.32 Å². The third-order valence-corrected chi connectivity index (χ3v) is 3.27. The average molecular weight is 277 g/mol. The Morgan fingerprint density at radius 1 is 1.35 bits per heavy atom. The fourth-order valence-corrected chi connectivity index (χ4v) is 2.05. The summed E-state index contributed by atoms with van der Waals surface area (Å²) < 4.78 is 13.0. The van der Waals surface area contributed by atoms with E-state index in [0.717, 1.165) is 19.3 Å². The lowest BCUT2D eigenvalue weighted by Gasteiger charge is -2.15. The van der Waals surface area contributed by atoms with E-state index in [2.05, 4.69) is 19.2 Å². The van der Waals surface area contributed by atoms with Crippen LogP contribution in [0.2, 0.25) is 0 Å². The number of amides is 1. The monoisotopic (exact) mass is 277 g/mol. The highest BCUT2D eigenvalue weighted by Gasteiger charge is 2.07. The number of halogens is 1. The zero-order valence-electron chi connectivity index (χ0n) is 12.4. The van der Waals surface area contributed by atoms with Gasteiger partial charge in [-0.3, -0.25) is 4.79 Å². The van der Waals surface area contributed by atoms with Crippen molar-refractivity contribution in [1.82, 2.24) is 5.32 Å². The van der Waals surface area contributed by atoms with Gasteiger partial charge in [-0.1, -0.05) is 45.2 Å². The molecule has 0 heterocycles. The third-order valence-electron chi connectivity index (χ3n) is 3.27. The molecule has 2 nitrogen and oxygen atoms in total. The highest BCUT2D eigenvalue weighted by atomic mass is 19.1. The lowest BCUT2D eigenvalue weighted by atomic mass is 10.1. The summed E-state index contributed by atoms with van der Waals surface area (Å²) in [5.74, 6) is -0.406. The van der Waals surface area contributed by atoms with Crippen molar-refractivity contribution in [2.45, 2.75) is 52.0 Å². The average Bonchev–Trinajstić information content (AvgIpc) is 2.44. The van der Waals surface area contributed by atoms with Crippen molar-refractivity contribution >= 4 is 12.0 Å². The van der Waals surface area contributed by atoms with Gasteiger partial charge in [-0.05, 0) is 36.6 Å². The van der Waals surface area contributed by atoms with Gasteiger partial charge < -0.3 is 5.32 Å². The molecule has 0 bridgehead atoms. The molecule has 1 unspecified atom stereocenters. The van der Waals surface area contributed by atoms with Crippen LogP contribution in [0.5, 0.6) is 0 Å². The second kappa shape index (κ2) is 9.29. The Balaban J connectivity index is 2.45. The molecule has 0 aliphatic carbocycles. The maximum atomic E-state index is 13.0. The first-order valence-corrected chi connectivity index (χ1v) is 7.39. The summed E-state index contributed by atoms with van der Waals surface area (Å²) in [5.41, 5.74) is 0.694. The zero-order valence-corrected chi connectivity index (χ0v) is 12.4. The minimum absolute atomic E-state index is 0.113. The number of hydrogen-bond donors (Lipinski definition) is 1. The minimum atomic E-state index is -0.293. The number of hydrogen-bond acceptors (Lipinski definition) is 1. The SMILES string of the molecule is CCCCCC(CC)NC(=O)/C=C/c1cccc(F)c1. The van der Waals surface area contributed by atoms with E-state index < -0.39 is 0 Å². The largest absolute Gasteiger partial charge is 0.350 e. The smallest absolute Gasteiger partial charge is 0.244 e. The van der Waals surface area contributed by atoms with Crippen molar-refractivity contribution in [1.29, 1.82) is 0 Å². The third kappa shape index (κ3) is 6.50. The summed E-state index contributed by atoms with van der Waals surface area (Å²) >= 11 is 0. The topological polar surface area (TPSA) is 29.1 Å². The molecule has 1 amide bonds. The molecule has 0 aliphatic heterocycles. The predicted octanol–water partition coefficient (Wildman–Crippen LogP) is 4.31. The summed E-state index contributed by atoms with van der Waals surface area (Å²) in [5, 5.41) is 2.99. The predicted molar refractivity (Wildman–Crippen MR) is 81.8 cm³/mol. The molecule has 1 aromatic rings. The quantitative estimate of drug-likeness (QED) is 0.556. The first-order chi connectivity index (χ1) is 9.65. The first-order valence-electron chi connectivity index (χ1n) is 7.39. The van der Waals surface area contributed by atoms with Crippen LogP contribution in [0.25, 0.3) is 6.08 Å². The molecule has 0 aromatic heterocycles. The molecule has 0 aliphatic rings. The molecular formula is C17H24FNO. The van der Waals surface area contributed by atoms with E-state index >= 15 is 0 Å². The Kier molecular flexibility index (Phi) is 7.63. The van der Waals surface area contributed by atoms with Gasteiger partial charge in [0, 0.05) is 12.1 Å². The molecular weight excluding hydrogens is 253 g/mol. The minimum Gasteiger partial charge on any atom is -0.350 e. The summed E-state index contributed by atoms with van der Waals surface area (Å²) in [7, 11) is 0. The van der Waals surface area contributed by atoms with Crippen LogP contribution in [-0.4, -0.2) is 11.9 Å². The molecule has 1 N–H and O–H groups in total. The Hall–Kier alpha value is -1.64. The maximum absolute atomic E-state index is 13.0. The van der Waals surface area contributed by atoms with Crippen LogP contribution in [-0.2, 0) is 4.79 Å². The fraction of sp³-hybridized carbons (Fsp3) is 0.471. The molecule has 1 rings (SSSR count). The van der Waals surface area contributed by atoms with Crippen molar-refractivity contribution in [3.05, 3.63) is 41.7 Å². The lowest BCUT2D eigenvalue weighted by Crippen LogP contribution is -2.33. The van der Waals surface area contributed by atoms with Crippen LogP contribution in [0, 0.1) is 5.82 Å². The highest BCUT2D eigenvalue weighted by Crippen LogP contribution is 2.07. The van der Waals surface area contributed by atoms with Crippen molar-refractivity contribution in [3.8, 4) is 0 Å². The Labute approximate surface area is 121 Å². The molecule has 20 heavy (non-hydrogen) atoms. The van der Waals surface area contributed by atoms with Crippen molar-refractivity contribution in [2.24, 2.45) is 0 Å². The summed E-state index contributed by atoms with van der Waals surface area (Å²) in [4.78, 5) is 11.8. The van der Waals surface area contributed by atoms with Crippen LogP contribution in [0.3, 0.4) is 0 Å². The number of benzene rings is 1. The molecule has 0 fully saturated rings. The van der Waals surface area contributed by atoms with Crippen molar-refractivity contribution < 1.29 is 9.18 Å². The van der Waals surface area contributed by atoms with E-state index in [1.165, 1.54) is 31.1 Å². The summed E-state index contributed by atoms with van der Waals surface area (Å²) in [6.45, 7) is 4.24. The molecule has 0 saturated carbocycles. The standard InChI is InChI=1S/C17H24FNO/c1-3-5-6-10-16(4-2)19-17(20)12-11-14-8-7-9-15(18)13-14/h7-9,11-13,16H,3-6,10H2,1-2H3,(H,19,20)/b12-11+. The van der Waals surface area contributed by atoms with Gasteiger partial charge in [-0.15, -0.1) is 0 Å². The number of nitrogens with one attached hydrogen (secondary N) is 1. The highest BCUT2D eigenvalue weighted by molar-refractivity contribution is 5.91. The van der Waals surface area contributed by atoms with Crippen LogP contribution >= 0.6 is 0 Å².